The van der Waals surface area contributed by atoms with Crippen LogP contribution in [0.1, 0.15) is 36.5 Å². The highest BCUT2D eigenvalue weighted by Crippen LogP contribution is 2.29. The van der Waals surface area contributed by atoms with Crippen LogP contribution in [0.4, 0.5) is 5.69 Å². The molecule has 9 heteroatoms. The summed E-state index contributed by atoms with van der Waals surface area (Å²) in [5.74, 6) is -0.800. The molecule has 3 aromatic rings. The van der Waals surface area contributed by atoms with Crippen molar-refractivity contribution in [3.63, 3.8) is 0 Å². The summed E-state index contributed by atoms with van der Waals surface area (Å²) >= 11 is 6.06. The van der Waals surface area contributed by atoms with Crippen LogP contribution in [0.5, 0.6) is 0 Å². The molecule has 3 aromatic carbocycles. The van der Waals surface area contributed by atoms with E-state index in [4.69, 9.17) is 11.6 Å². The number of para-hydroxylation sites is 1. The van der Waals surface area contributed by atoms with Crippen molar-refractivity contribution < 1.29 is 18.0 Å². The summed E-state index contributed by atoms with van der Waals surface area (Å²) in [5, 5.41) is 3.22. The molecule has 0 spiro atoms. The normalized spacial score (nSPS) is 12.2. The predicted octanol–water partition coefficient (Wildman–Crippen LogP) is 4.62. The third-order valence-electron chi connectivity index (χ3n) is 6.29. The average Bonchev–Trinajstić information content (AvgIpc) is 2.89. The minimum absolute atomic E-state index is 0.0346. The minimum Gasteiger partial charge on any atom is -0.357 e. The van der Waals surface area contributed by atoms with Crippen LogP contribution in [0.15, 0.2) is 78.9 Å². The van der Waals surface area contributed by atoms with Gasteiger partial charge in [-0.3, -0.25) is 13.9 Å². The minimum atomic E-state index is -3.82. The monoisotopic (exact) mass is 555 g/mol. The zero-order chi connectivity index (χ0) is 27.9. The summed E-state index contributed by atoms with van der Waals surface area (Å²) in [6.45, 7) is 3.59. The van der Waals surface area contributed by atoms with Crippen LogP contribution in [0.25, 0.3) is 0 Å². The van der Waals surface area contributed by atoms with Crippen LogP contribution in [-0.2, 0) is 32.6 Å². The van der Waals surface area contributed by atoms with Crippen LogP contribution in [0, 0.1) is 0 Å². The fraction of sp³-hybridized carbons (Fsp3) is 0.310. The second kappa shape index (κ2) is 12.9. The molecule has 0 heterocycles. The Morgan fingerprint density at radius 1 is 0.895 bits per heavy atom. The number of carbonyl (C=O) groups is 2. The van der Waals surface area contributed by atoms with Crippen molar-refractivity contribution in [3.8, 4) is 0 Å². The Labute approximate surface area is 230 Å². The largest absolute Gasteiger partial charge is 0.357 e. The van der Waals surface area contributed by atoms with E-state index in [0.717, 1.165) is 27.3 Å². The van der Waals surface area contributed by atoms with E-state index >= 15 is 0 Å². The van der Waals surface area contributed by atoms with Crippen LogP contribution in [0.2, 0.25) is 5.02 Å². The van der Waals surface area contributed by atoms with E-state index in [1.165, 1.54) is 11.9 Å². The first-order valence-corrected chi connectivity index (χ1v) is 14.6. The maximum absolute atomic E-state index is 14.0. The second-order valence-corrected chi connectivity index (χ2v) is 11.8. The van der Waals surface area contributed by atoms with Gasteiger partial charge in [0.05, 0.1) is 11.9 Å². The SMILES string of the molecule is CNC(=O)[C@H](Cc1ccccc1)N(Cc1ccc(Cl)cc1)C(=O)CN(c1ccccc1C(C)C)S(C)(=O)=O. The number of nitrogens with one attached hydrogen (secondary N) is 1. The number of benzene rings is 3. The molecule has 7 nitrogen and oxygen atoms in total. The lowest BCUT2D eigenvalue weighted by Crippen LogP contribution is -2.53. The summed E-state index contributed by atoms with van der Waals surface area (Å²) in [6.07, 6.45) is 1.35. The summed E-state index contributed by atoms with van der Waals surface area (Å²) in [5.41, 5.74) is 2.89. The lowest BCUT2D eigenvalue weighted by molar-refractivity contribution is -0.139. The molecule has 2 amide bonds. The van der Waals surface area contributed by atoms with Gasteiger partial charge in [0.25, 0.3) is 0 Å². The molecule has 0 radical (unpaired) electrons. The van der Waals surface area contributed by atoms with Gasteiger partial charge in [-0.15, -0.1) is 0 Å². The summed E-state index contributed by atoms with van der Waals surface area (Å²) in [4.78, 5) is 28.6. The molecule has 0 aliphatic heterocycles. The first-order valence-electron chi connectivity index (χ1n) is 12.4. The zero-order valence-corrected chi connectivity index (χ0v) is 23.7. The van der Waals surface area contributed by atoms with Gasteiger partial charge >= 0.3 is 0 Å². The molecular formula is C29H34ClN3O4S. The molecule has 0 bridgehead atoms. The van der Waals surface area contributed by atoms with Gasteiger partial charge in [0.2, 0.25) is 21.8 Å². The van der Waals surface area contributed by atoms with Crippen molar-refractivity contribution >= 4 is 39.1 Å². The zero-order valence-electron chi connectivity index (χ0n) is 22.1. The molecule has 0 saturated carbocycles. The maximum Gasteiger partial charge on any atom is 0.244 e. The third-order valence-corrected chi connectivity index (χ3v) is 7.67. The van der Waals surface area contributed by atoms with Gasteiger partial charge in [-0.1, -0.05) is 86.1 Å². The topological polar surface area (TPSA) is 86.8 Å². The Kier molecular flexibility index (Phi) is 9.94. The molecular weight excluding hydrogens is 522 g/mol. The van der Waals surface area contributed by atoms with E-state index in [9.17, 15) is 18.0 Å². The molecule has 0 fully saturated rings. The van der Waals surface area contributed by atoms with Gasteiger partial charge in [-0.25, -0.2) is 8.42 Å². The molecule has 38 heavy (non-hydrogen) atoms. The molecule has 0 saturated heterocycles. The fourth-order valence-electron chi connectivity index (χ4n) is 4.30. The Balaban J connectivity index is 2.06. The van der Waals surface area contributed by atoms with Crippen LogP contribution >= 0.6 is 11.6 Å². The highest BCUT2D eigenvalue weighted by Gasteiger charge is 2.33. The van der Waals surface area contributed by atoms with Crippen molar-refractivity contribution in [3.05, 3.63) is 101 Å². The standard InChI is InChI=1S/C29H34ClN3O4S/c1-21(2)25-12-8-9-13-26(25)33(38(4,36)37)20-28(34)32(19-23-14-16-24(30)17-15-23)27(29(35)31-3)18-22-10-6-5-7-11-22/h5-17,21,27H,18-20H2,1-4H3,(H,31,35)/t27-/m0/s1. The highest BCUT2D eigenvalue weighted by molar-refractivity contribution is 7.92. The van der Waals surface area contributed by atoms with Gasteiger partial charge in [-0.2, -0.15) is 0 Å². The van der Waals surface area contributed by atoms with E-state index in [1.807, 2.05) is 56.3 Å². The van der Waals surface area contributed by atoms with Crippen LogP contribution < -0.4 is 9.62 Å². The van der Waals surface area contributed by atoms with Gasteiger partial charge in [0.15, 0.2) is 0 Å². The van der Waals surface area contributed by atoms with Crippen molar-refractivity contribution in [1.29, 1.82) is 0 Å². The first kappa shape index (κ1) is 29.2. The molecule has 202 valence electrons. The van der Waals surface area contributed by atoms with Crippen LogP contribution in [0.3, 0.4) is 0 Å². The van der Waals surface area contributed by atoms with E-state index in [1.54, 1.807) is 36.4 Å². The number of rotatable bonds is 11. The van der Waals surface area contributed by atoms with Gasteiger partial charge in [-0.05, 0) is 40.8 Å². The number of likely N-dealkylation sites (N-methyl/N-ethyl adjacent to an activating group) is 1. The number of carbonyl (C=O) groups excluding carboxylic acids is 2. The number of sulfonamides is 1. The van der Waals surface area contributed by atoms with Crippen molar-refractivity contribution in [2.45, 2.75) is 38.8 Å². The summed E-state index contributed by atoms with van der Waals surface area (Å²) in [6, 6.07) is 22.7. The van der Waals surface area contributed by atoms with E-state index < -0.39 is 28.5 Å². The molecule has 0 aromatic heterocycles. The van der Waals surface area contributed by atoms with Crippen LogP contribution in [-0.4, -0.2) is 51.0 Å². The fourth-order valence-corrected chi connectivity index (χ4v) is 5.30. The van der Waals surface area contributed by atoms with E-state index in [-0.39, 0.29) is 24.8 Å². The molecule has 0 aliphatic rings. The van der Waals surface area contributed by atoms with Gasteiger partial charge < -0.3 is 10.2 Å². The molecule has 3 rings (SSSR count). The summed E-state index contributed by atoms with van der Waals surface area (Å²) < 4.78 is 27.1. The molecule has 0 aliphatic carbocycles. The number of halogens is 1. The maximum atomic E-state index is 14.0. The van der Waals surface area contributed by atoms with Gasteiger partial charge in [0, 0.05) is 25.0 Å². The lowest BCUT2D eigenvalue weighted by Gasteiger charge is -2.34. The Morgan fingerprint density at radius 2 is 1.50 bits per heavy atom. The first-order chi connectivity index (χ1) is 18.0. The summed E-state index contributed by atoms with van der Waals surface area (Å²) in [7, 11) is -2.30. The van der Waals surface area contributed by atoms with Crippen molar-refractivity contribution in [2.75, 3.05) is 24.2 Å². The van der Waals surface area contributed by atoms with Gasteiger partial charge in [0.1, 0.15) is 12.6 Å². The number of nitrogens with zero attached hydrogens (tertiary/aromatic N) is 2. The number of anilines is 1. The Bertz CT molecular complexity index is 1350. The predicted molar refractivity (Wildman–Crippen MR) is 153 cm³/mol. The number of amides is 2. The number of hydrogen-bond acceptors (Lipinski definition) is 4. The second-order valence-electron chi connectivity index (χ2n) is 9.45. The molecule has 0 unspecified atom stereocenters. The van der Waals surface area contributed by atoms with E-state index in [0.29, 0.717) is 10.7 Å². The Hall–Kier alpha value is -3.36. The van der Waals surface area contributed by atoms with E-state index in [2.05, 4.69) is 5.32 Å². The number of hydrogen-bond donors (Lipinski definition) is 1. The third kappa shape index (κ3) is 7.58. The highest BCUT2D eigenvalue weighted by atomic mass is 35.5. The molecule has 1 N–H and O–H groups in total. The molecule has 1 atom stereocenters. The van der Waals surface area contributed by atoms with Crippen molar-refractivity contribution in [1.82, 2.24) is 10.2 Å². The Morgan fingerprint density at radius 3 is 2.08 bits per heavy atom. The quantitative estimate of drug-likeness (QED) is 0.374. The van der Waals surface area contributed by atoms with Crippen molar-refractivity contribution in [2.24, 2.45) is 0 Å². The smallest absolute Gasteiger partial charge is 0.244 e. The average molecular weight is 556 g/mol. The lowest BCUT2D eigenvalue weighted by atomic mass is 10.0.